The molecule has 138 valence electrons. The van der Waals surface area contributed by atoms with Crippen LogP contribution in [0.15, 0.2) is 42.7 Å². The molecule has 0 radical (unpaired) electrons. The molecule has 9 heteroatoms. The molecule has 0 bridgehead atoms. The van der Waals surface area contributed by atoms with E-state index in [4.69, 9.17) is 11.6 Å². The molecule has 26 heavy (non-hydrogen) atoms. The zero-order chi connectivity index (χ0) is 19.3. The van der Waals surface area contributed by atoms with Gasteiger partial charge >= 0.3 is 18.0 Å². The molecule has 1 N–H and O–H groups in total. The smallest absolute Gasteiger partial charge is 0.337 e. The van der Waals surface area contributed by atoms with Gasteiger partial charge in [-0.1, -0.05) is 11.6 Å². The predicted molar refractivity (Wildman–Crippen MR) is 90.7 cm³/mol. The van der Waals surface area contributed by atoms with E-state index >= 15 is 0 Å². The first-order valence-corrected chi connectivity index (χ1v) is 7.88. The maximum Gasteiger partial charge on any atom is 0.417 e. The molecule has 0 aliphatic heterocycles. The van der Waals surface area contributed by atoms with Crippen molar-refractivity contribution in [1.82, 2.24) is 9.88 Å². The predicted octanol–water partition coefficient (Wildman–Crippen LogP) is 3.39. The number of benzene rings is 1. The third kappa shape index (κ3) is 5.19. The number of amides is 2. The second kappa shape index (κ2) is 8.18. The van der Waals surface area contributed by atoms with Crippen LogP contribution in [0, 0.1) is 0 Å². The van der Waals surface area contributed by atoms with Crippen molar-refractivity contribution in [3.63, 3.8) is 0 Å². The monoisotopic (exact) mass is 385 g/mol. The molecule has 0 fully saturated rings. The van der Waals surface area contributed by atoms with E-state index in [0.29, 0.717) is 12.5 Å². The SMILES string of the molecule is CN(CCc1ccncc1)C(=O)C(=O)Nc1ccc(Cl)c(C(F)(F)F)c1. The maximum atomic E-state index is 12.8. The van der Waals surface area contributed by atoms with Crippen LogP contribution >= 0.6 is 11.6 Å². The number of rotatable bonds is 4. The van der Waals surface area contributed by atoms with Crippen molar-refractivity contribution in [1.29, 1.82) is 0 Å². The average molecular weight is 386 g/mol. The molecule has 0 spiro atoms. The lowest BCUT2D eigenvalue weighted by Crippen LogP contribution is -2.38. The summed E-state index contributed by atoms with van der Waals surface area (Å²) >= 11 is 5.52. The molecule has 1 heterocycles. The minimum Gasteiger partial charge on any atom is -0.337 e. The second-order valence-corrected chi connectivity index (χ2v) is 5.89. The molecular formula is C17H15ClF3N3O2. The van der Waals surface area contributed by atoms with Crippen molar-refractivity contribution in [3.8, 4) is 0 Å². The Hall–Kier alpha value is -2.61. The van der Waals surface area contributed by atoms with E-state index in [1.807, 2.05) is 0 Å². The van der Waals surface area contributed by atoms with Crippen LogP contribution in [0.5, 0.6) is 0 Å². The van der Waals surface area contributed by atoms with Crippen molar-refractivity contribution in [2.24, 2.45) is 0 Å². The first-order chi connectivity index (χ1) is 12.2. The summed E-state index contributed by atoms with van der Waals surface area (Å²) in [5.74, 6) is -1.89. The van der Waals surface area contributed by atoms with Gasteiger partial charge in [0.15, 0.2) is 0 Å². The van der Waals surface area contributed by atoms with Gasteiger partial charge in [-0.25, -0.2) is 0 Å². The summed E-state index contributed by atoms with van der Waals surface area (Å²) in [7, 11) is 1.44. The van der Waals surface area contributed by atoms with Crippen LogP contribution in [0.3, 0.4) is 0 Å². The van der Waals surface area contributed by atoms with Crippen LogP contribution in [0.1, 0.15) is 11.1 Å². The molecule has 0 aliphatic carbocycles. The van der Waals surface area contributed by atoms with E-state index in [9.17, 15) is 22.8 Å². The summed E-state index contributed by atoms with van der Waals surface area (Å²) in [4.78, 5) is 29.1. The molecule has 1 aromatic heterocycles. The summed E-state index contributed by atoms with van der Waals surface area (Å²) in [6.07, 6.45) is -0.925. The average Bonchev–Trinajstić information content (AvgIpc) is 2.60. The van der Waals surface area contributed by atoms with Crippen molar-refractivity contribution >= 4 is 29.1 Å². The Bertz CT molecular complexity index is 798. The second-order valence-electron chi connectivity index (χ2n) is 5.48. The first kappa shape index (κ1) is 19.7. The summed E-state index contributed by atoms with van der Waals surface area (Å²) in [5.41, 5.74) is -0.314. The first-order valence-electron chi connectivity index (χ1n) is 7.50. The van der Waals surface area contributed by atoms with Crippen LogP contribution < -0.4 is 5.32 Å². The third-order valence-corrected chi connectivity index (χ3v) is 3.89. The number of alkyl halides is 3. The van der Waals surface area contributed by atoms with Crippen LogP contribution in [0.25, 0.3) is 0 Å². The Labute approximate surface area is 152 Å². The highest BCUT2D eigenvalue weighted by atomic mass is 35.5. The summed E-state index contributed by atoms with van der Waals surface area (Å²) < 4.78 is 38.5. The van der Waals surface area contributed by atoms with Gasteiger partial charge in [0, 0.05) is 31.7 Å². The van der Waals surface area contributed by atoms with Crippen molar-refractivity contribution in [2.75, 3.05) is 18.9 Å². The van der Waals surface area contributed by atoms with E-state index in [2.05, 4.69) is 10.3 Å². The van der Waals surface area contributed by atoms with Gasteiger partial charge in [-0.15, -0.1) is 0 Å². The minimum absolute atomic E-state index is 0.164. The highest BCUT2D eigenvalue weighted by molar-refractivity contribution is 6.39. The molecule has 0 saturated heterocycles. The fraction of sp³-hybridized carbons (Fsp3) is 0.235. The van der Waals surface area contributed by atoms with Crippen LogP contribution in [0.2, 0.25) is 5.02 Å². The molecule has 2 amide bonds. The molecule has 2 aromatic rings. The van der Waals surface area contributed by atoms with E-state index in [1.165, 1.54) is 18.0 Å². The standard InChI is InChI=1S/C17H15ClF3N3O2/c1-24(9-6-11-4-7-22-8-5-11)16(26)15(25)23-12-2-3-14(18)13(10-12)17(19,20)21/h2-5,7-8,10H,6,9H2,1H3,(H,23,25). The lowest BCUT2D eigenvalue weighted by molar-refractivity contribution is -0.142. The van der Waals surface area contributed by atoms with Gasteiger partial charge in [0.25, 0.3) is 0 Å². The van der Waals surface area contributed by atoms with Crippen molar-refractivity contribution in [3.05, 3.63) is 58.9 Å². The number of carbonyl (C=O) groups excluding carboxylic acids is 2. The fourth-order valence-electron chi connectivity index (χ4n) is 2.13. The molecular weight excluding hydrogens is 371 g/mol. The van der Waals surface area contributed by atoms with Gasteiger partial charge in [0.05, 0.1) is 10.6 Å². The topological polar surface area (TPSA) is 62.3 Å². The number of pyridine rings is 1. The molecule has 0 unspecified atom stereocenters. The van der Waals surface area contributed by atoms with Crippen molar-refractivity contribution in [2.45, 2.75) is 12.6 Å². The lowest BCUT2D eigenvalue weighted by Gasteiger charge is -2.17. The lowest BCUT2D eigenvalue weighted by atomic mass is 10.2. The molecule has 1 aromatic carbocycles. The number of halogens is 4. The quantitative estimate of drug-likeness (QED) is 0.820. The number of nitrogens with one attached hydrogen (secondary N) is 1. The van der Waals surface area contributed by atoms with E-state index in [0.717, 1.165) is 11.6 Å². The summed E-state index contributed by atoms with van der Waals surface area (Å²) in [6.45, 7) is 0.269. The van der Waals surface area contributed by atoms with Crippen LogP contribution in [0.4, 0.5) is 18.9 Å². The number of carbonyl (C=O) groups is 2. The number of aromatic nitrogens is 1. The molecule has 5 nitrogen and oxygen atoms in total. The summed E-state index contributed by atoms with van der Waals surface area (Å²) in [6, 6.07) is 6.46. The van der Waals surface area contributed by atoms with E-state index < -0.39 is 28.6 Å². The van der Waals surface area contributed by atoms with E-state index in [1.54, 1.807) is 24.5 Å². The Morgan fingerprint density at radius 2 is 1.85 bits per heavy atom. The van der Waals surface area contributed by atoms with Crippen LogP contribution in [-0.4, -0.2) is 35.3 Å². The summed E-state index contributed by atoms with van der Waals surface area (Å²) in [5, 5.41) is 1.67. The Morgan fingerprint density at radius 1 is 1.19 bits per heavy atom. The Balaban J connectivity index is 1.99. The Morgan fingerprint density at radius 3 is 2.46 bits per heavy atom. The van der Waals surface area contributed by atoms with Gasteiger partial charge in [-0.2, -0.15) is 13.2 Å². The number of nitrogens with zero attached hydrogens (tertiary/aromatic N) is 2. The molecule has 2 rings (SSSR count). The largest absolute Gasteiger partial charge is 0.417 e. The minimum atomic E-state index is -4.66. The van der Waals surface area contributed by atoms with Crippen LogP contribution in [-0.2, 0) is 22.2 Å². The zero-order valence-electron chi connectivity index (χ0n) is 13.7. The number of hydrogen-bond donors (Lipinski definition) is 1. The van der Waals surface area contributed by atoms with Crippen molar-refractivity contribution < 1.29 is 22.8 Å². The van der Waals surface area contributed by atoms with Gasteiger partial charge in [-0.3, -0.25) is 14.6 Å². The van der Waals surface area contributed by atoms with Gasteiger partial charge in [0.1, 0.15) is 0 Å². The molecule has 0 saturated carbocycles. The number of hydrogen-bond acceptors (Lipinski definition) is 3. The Kier molecular flexibility index (Phi) is 6.20. The number of anilines is 1. The fourth-order valence-corrected chi connectivity index (χ4v) is 2.35. The highest BCUT2D eigenvalue weighted by Crippen LogP contribution is 2.36. The van der Waals surface area contributed by atoms with Gasteiger partial charge in [-0.05, 0) is 42.3 Å². The van der Waals surface area contributed by atoms with Gasteiger partial charge < -0.3 is 10.2 Å². The maximum absolute atomic E-state index is 12.8. The molecule has 0 atom stereocenters. The third-order valence-electron chi connectivity index (χ3n) is 3.56. The number of likely N-dealkylation sites (N-methyl/N-ethyl adjacent to an activating group) is 1. The van der Waals surface area contributed by atoms with Gasteiger partial charge in [0.2, 0.25) is 0 Å². The zero-order valence-corrected chi connectivity index (χ0v) is 14.4. The highest BCUT2D eigenvalue weighted by Gasteiger charge is 2.33. The van der Waals surface area contributed by atoms with E-state index in [-0.39, 0.29) is 12.2 Å². The normalized spacial score (nSPS) is 11.1. The molecule has 0 aliphatic rings.